The lowest BCUT2D eigenvalue weighted by Gasteiger charge is -2.10. The molecule has 0 bridgehead atoms. The van der Waals surface area contributed by atoms with Gasteiger partial charge in [-0.3, -0.25) is 4.98 Å². The lowest BCUT2D eigenvalue weighted by Crippen LogP contribution is -1.95. The Morgan fingerprint density at radius 2 is 2.54 bits per heavy atom. The van der Waals surface area contributed by atoms with E-state index in [9.17, 15) is 0 Å². The number of aromatic nitrogens is 1. The fourth-order valence-electron chi connectivity index (χ4n) is 1.09. The Labute approximate surface area is 83.2 Å². The first-order valence-corrected chi connectivity index (χ1v) is 4.46. The number of halogens is 1. The van der Waals surface area contributed by atoms with Gasteiger partial charge in [-0.05, 0) is 12.5 Å². The summed E-state index contributed by atoms with van der Waals surface area (Å²) < 4.78 is 5.15. The molecule has 1 unspecified atom stereocenters. The molecule has 0 aliphatic rings. The minimum absolute atomic E-state index is 0.110. The molecule has 0 saturated heterocycles. The Morgan fingerprint density at radius 1 is 1.77 bits per heavy atom. The van der Waals surface area contributed by atoms with Gasteiger partial charge < -0.3 is 4.74 Å². The summed E-state index contributed by atoms with van der Waals surface area (Å²) in [5.41, 5.74) is 0.909. The normalized spacial score (nSPS) is 12.2. The second kappa shape index (κ2) is 4.87. The molecule has 1 aromatic rings. The molecule has 0 saturated carbocycles. The van der Waals surface area contributed by atoms with Gasteiger partial charge in [0.25, 0.3) is 0 Å². The summed E-state index contributed by atoms with van der Waals surface area (Å²) in [5.74, 6) is 0.775. The first-order valence-electron chi connectivity index (χ1n) is 4.02. The van der Waals surface area contributed by atoms with Crippen LogP contribution in [0.3, 0.4) is 0 Å². The molecule has 0 amide bonds. The van der Waals surface area contributed by atoms with E-state index in [1.165, 1.54) is 0 Å². The van der Waals surface area contributed by atoms with Crippen molar-refractivity contribution in [2.75, 3.05) is 7.11 Å². The minimum atomic E-state index is -0.110. The van der Waals surface area contributed by atoms with Gasteiger partial charge in [0.2, 0.25) is 0 Å². The Hall–Kier alpha value is -1.02. The summed E-state index contributed by atoms with van der Waals surface area (Å²) in [5, 5.41) is -0.110. The summed E-state index contributed by atoms with van der Waals surface area (Å²) in [7, 11) is 1.62. The highest BCUT2D eigenvalue weighted by Crippen LogP contribution is 2.30. The molecule has 13 heavy (non-hydrogen) atoms. The van der Waals surface area contributed by atoms with Gasteiger partial charge in [-0.1, -0.05) is 6.08 Å². The maximum atomic E-state index is 6.10. The average molecular weight is 198 g/mol. The summed E-state index contributed by atoms with van der Waals surface area (Å²) in [6, 6.07) is 1.80. The number of ether oxygens (including phenoxy) is 1. The number of allylic oxidation sites excluding steroid dienone is 1. The third-order valence-corrected chi connectivity index (χ3v) is 2.15. The topological polar surface area (TPSA) is 22.1 Å². The molecule has 3 heteroatoms. The SMILES string of the molecule is C=CCC(Cl)c1cnccc1OC. The van der Waals surface area contributed by atoms with Crippen LogP contribution >= 0.6 is 11.6 Å². The van der Waals surface area contributed by atoms with E-state index in [0.29, 0.717) is 6.42 Å². The van der Waals surface area contributed by atoms with Crippen LogP contribution in [0.1, 0.15) is 17.4 Å². The van der Waals surface area contributed by atoms with Crippen molar-refractivity contribution < 1.29 is 4.74 Å². The average Bonchev–Trinajstić information content (AvgIpc) is 2.18. The maximum absolute atomic E-state index is 6.10. The van der Waals surface area contributed by atoms with Gasteiger partial charge in [-0.25, -0.2) is 0 Å². The van der Waals surface area contributed by atoms with E-state index in [0.717, 1.165) is 11.3 Å². The number of rotatable bonds is 4. The Bertz CT molecular complexity index is 288. The van der Waals surface area contributed by atoms with Gasteiger partial charge in [0.15, 0.2) is 0 Å². The standard InChI is InChI=1S/C10H12ClNO/c1-3-4-9(11)8-7-12-6-5-10(8)13-2/h3,5-7,9H,1,4H2,2H3. The van der Waals surface area contributed by atoms with Crippen molar-refractivity contribution in [1.82, 2.24) is 4.98 Å². The van der Waals surface area contributed by atoms with E-state index >= 15 is 0 Å². The van der Waals surface area contributed by atoms with E-state index in [2.05, 4.69) is 11.6 Å². The largest absolute Gasteiger partial charge is 0.496 e. The van der Waals surface area contributed by atoms with Crippen LogP contribution in [-0.4, -0.2) is 12.1 Å². The predicted octanol–water partition coefficient (Wildman–Crippen LogP) is 2.95. The third-order valence-electron chi connectivity index (χ3n) is 1.74. The van der Waals surface area contributed by atoms with Crippen molar-refractivity contribution in [3.05, 3.63) is 36.7 Å². The van der Waals surface area contributed by atoms with Crippen LogP contribution in [0.25, 0.3) is 0 Å². The Balaban J connectivity index is 2.91. The van der Waals surface area contributed by atoms with Gasteiger partial charge in [0, 0.05) is 18.0 Å². The van der Waals surface area contributed by atoms with Crippen molar-refractivity contribution >= 4 is 11.6 Å². The van der Waals surface area contributed by atoms with Crippen LogP contribution in [0.4, 0.5) is 0 Å². The minimum Gasteiger partial charge on any atom is -0.496 e. The molecule has 0 aromatic carbocycles. The van der Waals surface area contributed by atoms with Gasteiger partial charge in [0.1, 0.15) is 5.75 Å². The molecule has 0 aliphatic heterocycles. The second-order valence-corrected chi connectivity index (χ2v) is 3.14. The zero-order chi connectivity index (χ0) is 9.68. The molecule has 0 spiro atoms. The number of methoxy groups -OCH3 is 1. The molecule has 0 radical (unpaired) electrons. The molecule has 0 aliphatic carbocycles. The number of hydrogen-bond acceptors (Lipinski definition) is 2. The van der Waals surface area contributed by atoms with Gasteiger partial charge >= 0.3 is 0 Å². The molecular weight excluding hydrogens is 186 g/mol. The predicted molar refractivity (Wildman–Crippen MR) is 54.2 cm³/mol. The van der Waals surface area contributed by atoms with Gasteiger partial charge in [0.05, 0.1) is 12.5 Å². The molecule has 0 N–H and O–H groups in total. The summed E-state index contributed by atoms with van der Waals surface area (Å²) in [4.78, 5) is 4.00. The Morgan fingerprint density at radius 3 is 3.15 bits per heavy atom. The zero-order valence-corrected chi connectivity index (χ0v) is 8.29. The van der Waals surface area contributed by atoms with E-state index in [1.54, 1.807) is 31.6 Å². The van der Waals surface area contributed by atoms with Crippen molar-refractivity contribution in [3.63, 3.8) is 0 Å². The molecule has 1 atom stereocenters. The van der Waals surface area contributed by atoms with E-state index < -0.39 is 0 Å². The van der Waals surface area contributed by atoms with E-state index in [4.69, 9.17) is 16.3 Å². The van der Waals surface area contributed by atoms with Crippen LogP contribution in [0, 0.1) is 0 Å². The molecule has 1 rings (SSSR count). The highest BCUT2D eigenvalue weighted by Gasteiger charge is 2.11. The quantitative estimate of drug-likeness (QED) is 0.547. The van der Waals surface area contributed by atoms with Gasteiger partial charge in [-0.15, -0.1) is 18.2 Å². The smallest absolute Gasteiger partial charge is 0.126 e. The zero-order valence-electron chi connectivity index (χ0n) is 7.53. The summed E-state index contributed by atoms with van der Waals surface area (Å²) in [6.07, 6.45) is 5.90. The maximum Gasteiger partial charge on any atom is 0.126 e. The molecule has 1 aromatic heterocycles. The lowest BCUT2D eigenvalue weighted by molar-refractivity contribution is 0.408. The summed E-state index contributed by atoms with van der Waals surface area (Å²) >= 11 is 6.10. The summed E-state index contributed by atoms with van der Waals surface area (Å²) in [6.45, 7) is 3.64. The van der Waals surface area contributed by atoms with E-state index in [1.807, 2.05) is 0 Å². The molecule has 2 nitrogen and oxygen atoms in total. The van der Waals surface area contributed by atoms with Crippen molar-refractivity contribution in [1.29, 1.82) is 0 Å². The Kier molecular flexibility index (Phi) is 3.77. The first kappa shape index (κ1) is 10.1. The van der Waals surface area contributed by atoms with Crippen molar-refractivity contribution in [2.45, 2.75) is 11.8 Å². The van der Waals surface area contributed by atoms with E-state index in [-0.39, 0.29) is 5.38 Å². The van der Waals surface area contributed by atoms with Crippen LogP contribution in [0.15, 0.2) is 31.1 Å². The fraction of sp³-hybridized carbons (Fsp3) is 0.300. The molecule has 1 heterocycles. The highest BCUT2D eigenvalue weighted by molar-refractivity contribution is 6.21. The molecule has 70 valence electrons. The fourth-order valence-corrected chi connectivity index (χ4v) is 1.38. The van der Waals surface area contributed by atoms with Crippen molar-refractivity contribution in [2.24, 2.45) is 0 Å². The second-order valence-electron chi connectivity index (χ2n) is 2.61. The number of alkyl halides is 1. The van der Waals surface area contributed by atoms with Crippen LogP contribution < -0.4 is 4.74 Å². The number of nitrogens with zero attached hydrogens (tertiary/aromatic N) is 1. The first-order chi connectivity index (χ1) is 6.29. The molecule has 0 fully saturated rings. The monoisotopic (exact) mass is 197 g/mol. The van der Waals surface area contributed by atoms with Crippen molar-refractivity contribution in [3.8, 4) is 5.75 Å². The third kappa shape index (κ3) is 2.46. The number of hydrogen-bond donors (Lipinski definition) is 0. The van der Waals surface area contributed by atoms with Crippen LogP contribution in [0.5, 0.6) is 5.75 Å². The van der Waals surface area contributed by atoms with Gasteiger partial charge in [-0.2, -0.15) is 0 Å². The van der Waals surface area contributed by atoms with Crippen LogP contribution in [0.2, 0.25) is 0 Å². The number of pyridine rings is 1. The van der Waals surface area contributed by atoms with Crippen LogP contribution in [-0.2, 0) is 0 Å². The highest BCUT2D eigenvalue weighted by atomic mass is 35.5. The molecular formula is C10H12ClNO. The lowest BCUT2D eigenvalue weighted by atomic mass is 10.1.